The number of fused-ring (bicyclic) bond motifs is 1. The van der Waals surface area contributed by atoms with Crippen LogP contribution in [-0.4, -0.2) is 21.4 Å². The molecule has 1 heterocycles. The van der Waals surface area contributed by atoms with E-state index in [-0.39, 0.29) is 11.3 Å². The van der Waals surface area contributed by atoms with E-state index >= 15 is 0 Å². The smallest absolute Gasteiger partial charge is 0.267 e. The first-order chi connectivity index (χ1) is 12.6. The van der Waals surface area contributed by atoms with Gasteiger partial charge >= 0.3 is 0 Å². The van der Waals surface area contributed by atoms with E-state index in [2.05, 4.69) is 15.6 Å². The molecule has 0 saturated carbocycles. The van der Waals surface area contributed by atoms with Crippen molar-refractivity contribution in [1.29, 1.82) is 0 Å². The highest BCUT2D eigenvalue weighted by molar-refractivity contribution is 6.05. The summed E-state index contributed by atoms with van der Waals surface area (Å²) >= 11 is 0. The van der Waals surface area contributed by atoms with Gasteiger partial charge < -0.3 is 0 Å². The highest BCUT2D eigenvalue weighted by Gasteiger charge is 2.16. The zero-order chi connectivity index (χ0) is 18.5. The minimum absolute atomic E-state index is 0.184. The molecule has 0 bridgehead atoms. The molecule has 0 fully saturated rings. The van der Waals surface area contributed by atoms with Crippen LogP contribution in [0.1, 0.15) is 36.3 Å². The van der Waals surface area contributed by atoms with E-state index in [1.807, 2.05) is 44.2 Å². The van der Waals surface area contributed by atoms with Crippen LogP contribution in [0.15, 0.2) is 64.5 Å². The number of nitrogens with zero attached hydrogens (tertiary/aromatic N) is 3. The van der Waals surface area contributed by atoms with Gasteiger partial charge in [0.15, 0.2) is 5.69 Å². The highest BCUT2D eigenvalue weighted by Crippen LogP contribution is 2.14. The first-order valence-electron chi connectivity index (χ1n) is 8.47. The summed E-state index contributed by atoms with van der Waals surface area (Å²) in [6.07, 6.45) is 0.738. The molecule has 0 radical (unpaired) electrons. The Morgan fingerprint density at radius 1 is 1.08 bits per heavy atom. The Kier molecular flexibility index (Phi) is 5.22. The van der Waals surface area contributed by atoms with Crippen LogP contribution in [0.2, 0.25) is 0 Å². The lowest BCUT2D eigenvalue weighted by Crippen LogP contribution is -2.29. The molecule has 0 unspecified atom stereocenters. The second-order valence-electron chi connectivity index (χ2n) is 5.98. The molecule has 1 N–H and O–H groups in total. The summed E-state index contributed by atoms with van der Waals surface area (Å²) in [5.41, 5.74) is 4.22. The van der Waals surface area contributed by atoms with Crippen LogP contribution in [0.3, 0.4) is 0 Å². The van der Waals surface area contributed by atoms with Gasteiger partial charge in [-0.1, -0.05) is 55.5 Å². The second kappa shape index (κ2) is 7.74. The van der Waals surface area contributed by atoms with Gasteiger partial charge in [0.1, 0.15) is 0 Å². The number of carbonyl (C=O) groups is 1. The summed E-state index contributed by atoms with van der Waals surface area (Å²) in [4.78, 5) is 25.4. The molecule has 0 aliphatic carbocycles. The van der Waals surface area contributed by atoms with Gasteiger partial charge in [-0.05, 0) is 25.0 Å². The Labute approximate surface area is 151 Å². The number of aromatic nitrogens is 2. The van der Waals surface area contributed by atoms with Crippen molar-refractivity contribution in [2.45, 2.75) is 26.8 Å². The monoisotopic (exact) mass is 348 g/mol. The second-order valence-corrected chi connectivity index (χ2v) is 5.98. The van der Waals surface area contributed by atoms with Crippen LogP contribution in [0.25, 0.3) is 10.8 Å². The number of amides is 1. The highest BCUT2D eigenvalue weighted by atomic mass is 16.2. The summed E-state index contributed by atoms with van der Waals surface area (Å²) in [6, 6.07) is 16.5. The molecular formula is C20H20N4O2. The maximum absolute atomic E-state index is 12.8. The van der Waals surface area contributed by atoms with Crippen molar-refractivity contribution in [2.24, 2.45) is 5.10 Å². The SMILES string of the molecule is CC/C(C)=N\NC(=O)c1nn(Cc2ccccc2)c(=O)c2ccccc12. The zero-order valence-corrected chi connectivity index (χ0v) is 14.8. The van der Waals surface area contributed by atoms with Crippen LogP contribution < -0.4 is 11.0 Å². The van der Waals surface area contributed by atoms with Crippen LogP contribution in [0, 0.1) is 0 Å². The quantitative estimate of drug-likeness (QED) is 0.569. The fraction of sp³-hybridized carbons (Fsp3) is 0.200. The molecule has 0 aliphatic heterocycles. The molecule has 3 rings (SSSR count). The summed E-state index contributed by atoms with van der Waals surface area (Å²) in [7, 11) is 0. The Hall–Kier alpha value is -3.28. The van der Waals surface area contributed by atoms with Gasteiger partial charge in [0.05, 0.1) is 11.9 Å². The van der Waals surface area contributed by atoms with E-state index in [0.717, 1.165) is 17.7 Å². The molecule has 0 saturated heterocycles. The van der Waals surface area contributed by atoms with Crippen molar-refractivity contribution in [1.82, 2.24) is 15.2 Å². The standard InChI is InChI=1S/C20H20N4O2/c1-3-14(2)21-22-19(25)18-16-11-7-8-12-17(16)20(26)24(23-18)13-15-9-5-4-6-10-15/h4-12H,3,13H2,1-2H3,(H,22,25)/b21-14-. The van der Waals surface area contributed by atoms with Crippen molar-refractivity contribution < 1.29 is 4.79 Å². The van der Waals surface area contributed by atoms with Gasteiger partial charge in [-0.15, -0.1) is 0 Å². The molecule has 0 spiro atoms. The predicted octanol–water partition coefficient (Wildman–Crippen LogP) is 2.96. The molecule has 26 heavy (non-hydrogen) atoms. The summed E-state index contributed by atoms with van der Waals surface area (Å²) < 4.78 is 1.32. The van der Waals surface area contributed by atoms with Crippen molar-refractivity contribution in [3.05, 3.63) is 76.2 Å². The zero-order valence-electron chi connectivity index (χ0n) is 14.8. The number of nitrogens with one attached hydrogen (secondary N) is 1. The minimum atomic E-state index is -0.434. The minimum Gasteiger partial charge on any atom is -0.267 e. The molecule has 132 valence electrons. The average molecular weight is 348 g/mol. The van der Waals surface area contributed by atoms with Gasteiger partial charge in [-0.2, -0.15) is 10.2 Å². The molecule has 3 aromatic rings. The number of hydrogen-bond donors (Lipinski definition) is 1. The van der Waals surface area contributed by atoms with Crippen LogP contribution in [0.4, 0.5) is 0 Å². The number of benzene rings is 2. The molecule has 1 aromatic heterocycles. The molecule has 1 amide bonds. The number of carbonyl (C=O) groups excluding carboxylic acids is 1. The largest absolute Gasteiger partial charge is 0.292 e. The molecular weight excluding hydrogens is 328 g/mol. The Balaban J connectivity index is 2.08. The van der Waals surface area contributed by atoms with E-state index in [9.17, 15) is 9.59 Å². The Morgan fingerprint density at radius 3 is 2.42 bits per heavy atom. The fourth-order valence-corrected chi connectivity index (χ4v) is 2.54. The lowest BCUT2D eigenvalue weighted by Gasteiger charge is -2.10. The van der Waals surface area contributed by atoms with E-state index in [1.165, 1.54) is 4.68 Å². The summed E-state index contributed by atoms with van der Waals surface area (Å²) in [6.45, 7) is 4.09. The fourth-order valence-electron chi connectivity index (χ4n) is 2.54. The normalized spacial score (nSPS) is 11.5. The van der Waals surface area contributed by atoms with E-state index in [0.29, 0.717) is 17.3 Å². The molecule has 6 heteroatoms. The lowest BCUT2D eigenvalue weighted by molar-refractivity contribution is 0.0949. The van der Waals surface area contributed by atoms with Gasteiger partial charge in [-0.3, -0.25) is 9.59 Å². The maximum atomic E-state index is 12.8. The molecule has 6 nitrogen and oxygen atoms in total. The lowest BCUT2D eigenvalue weighted by atomic mass is 10.1. The average Bonchev–Trinajstić information content (AvgIpc) is 2.68. The third kappa shape index (κ3) is 3.69. The van der Waals surface area contributed by atoms with Gasteiger partial charge in [0.2, 0.25) is 0 Å². The topological polar surface area (TPSA) is 76.3 Å². The summed E-state index contributed by atoms with van der Waals surface area (Å²) in [5, 5.41) is 9.35. The number of hydrogen-bond acceptors (Lipinski definition) is 4. The van der Waals surface area contributed by atoms with E-state index < -0.39 is 5.91 Å². The van der Waals surface area contributed by atoms with Crippen LogP contribution in [-0.2, 0) is 6.54 Å². The first kappa shape index (κ1) is 17.5. The van der Waals surface area contributed by atoms with Crippen molar-refractivity contribution in [3.63, 3.8) is 0 Å². The van der Waals surface area contributed by atoms with E-state index in [4.69, 9.17) is 0 Å². The van der Waals surface area contributed by atoms with Crippen molar-refractivity contribution >= 4 is 22.4 Å². The molecule has 0 aliphatic rings. The third-order valence-corrected chi connectivity index (χ3v) is 4.12. The molecule has 2 aromatic carbocycles. The molecule has 0 atom stereocenters. The maximum Gasteiger partial charge on any atom is 0.292 e. The van der Waals surface area contributed by atoms with E-state index in [1.54, 1.807) is 24.3 Å². The van der Waals surface area contributed by atoms with Crippen LogP contribution >= 0.6 is 0 Å². The Morgan fingerprint density at radius 2 is 1.73 bits per heavy atom. The Bertz CT molecular complexity index is 1020. The van der Waals surface area contributed by atoms with Gasteiger partial charge in [-0.25, -0.2) is 10.1 Å². The summed E-state index contributed by atoms with van der Waals surface area (Å²) in [5.74, 6) is -0.434. The number of hydrazone groups is 1. The van der Waals surface area contributed by atoms with Gasteiger partial charge in [0.25, 0.3) is 11.5 Å². The van der Waals surface area contributed by atoms with Crippen molar-refractivity contribution in [2.75, 3.05) is 0 Å². The third-order valence-electron chi connectivity index (χ3n) is 4.12. The van der Waals surface area contributed by atoms with Gasteiger partial charge in [0, 0.05) is 11.1 Å². The predicted molar refractivity (Wildman–Crippen MR) is 102 cm³/mol. The first-order valence-corrected chi connectivity index (χ1v) is 8.47. The number of rotatable bonds is 5. The van der Waals surface area contributed by atoms with Crippen LogP contribution in [0.5, 0.6) is 0 Å². The van der Waals surface area contributed by atoms with Crippen molar-refractivity contribution in [3.8, 4) is 0 Å².